The number of aliphatic imine (C=N–C) groups is 1. The fourth-order valence-corrected chi connectivity index (χ4v) is 3.65. The summed E-state index contributed by atoms with van der Waals surface area (Å²) in [7, 11) is 1.82. The number of aryl methyl sites for hydroxylation is 1. The van der Waals surface area contributed by atoms with Crippen LogP contribution in [0.15, 0.2) is 59.6 Å². The second-order valence-corrected chi connectivity index (χ2v) is 7.73. The van der Waals surface area contributed by atoms with Crippen molar-refractivity contribution in [1.29, 1.82) is 0 Å². The molecule has 0 saturated carbocycles. The number of ether oxygens (including phenoxy) is 1. The summed E-state index contributed by atoms with van der Waals surface area (Å²) in [5.74, 6) is 2.43. The van der Waals surface area contributed by atoms with Crippen molar-refractivity contribution < 1.29 is 4.74 Å². The van der Waals surface area contributed by atoms with Crippen LogP contribution in [0, 0.1) is 12.8 Å². The Morgan fingerprint density at radius 2 is 1.87 bits per heavy atom. The number of halogens is 1. The SMILES string of the molecule is CN=C(NCCOc1ccc(C)cc1)NCC1CCN(CCc2ccccc2)C1.I. The van der Waals surface area contributed by atoms with E-state index in [0.29, 0.717) is 12.5 Å². The molecule has 1 heterocycles. The molecule has 0 bridgehead atoms. The Morgan fingerprint density at radius 3 is 2.60 bits per heavy atom. The molecule has 6 heteroatoms. The van der Waals surface area contributed by atoms with Gasteiger partial charge in [0.25, 0.3) is 0 Å². The molecular weight excluding hydrogens is 487 g/mol. The average Bonchev–Trinajstić information content (AvgIpc) is 3.22. The number of hydrogen-bond donors (Lipinski definition) is 2. The number of guanidine groups is 1. The van der Waals surface area contributed by atoms with Crippen LogP contribution in [-0.2, 0) is 6.42 Å². The minimum absolute atomic E-state index is 0. The van der Waals surface area contributed by atoms with Gasteiger partial charge < -0.3 is 20.3 Å². The summed E-state index contributed by atoms with van der Waals surface area (Å²) in [4.78, 5) is 6.90. The first kappa shape index (κ1) is 24.5. The average molecular weight is 522 g/mol. The zero-order valence-corrected chi connectivity index (χ0v) is 20.5. The van der Waals surface area contributed by atoms with Gasteiger partial charge in [-0.2, -0.15) is 0 Å². The largest absolute Gasteiger partial charge is 0.492 e. The zero-order chi connectivity index (χ0) is 20.3. The van der Waals surface area contributed by atoms with Crippen molar-refractivity contribution in [2.24, 2.45) is 10.9 Å². The van der Waals surface area contributed by atoms with Crippen LogP contribution in [0.5, 0.6) is 5.75 Å². The van der Waals surface area contributed by atoms with Crippen molar-refractivity contribution in [2.45, 2.75) is 19.8 Å². The van der Waals surface area contributed by atoms with E-state index in [4.69, 9.17) is 4.74 Å². The van der Waals surface area contributed by atoms with Gasteiger partial charge in [-0.05, 0) is 49.9 Å². The molecular formula is C24H35IN4O. The van der Waals surface area contributed by atoms with Gasteiger partial charge in [-0.3, -0.25) is 4.99 Å². The van der Waals surface area contributed by atoms with Gasteiger partial charge in [0.05, 0.1) is 6.54 Å². The minimum atomic E-state index is 0. The van der Waals surface area contributed by atoms with Crippen LogP contribution in [0.3, 0.4) is 0 Å². The highest BCUT2D eigenvalue weighted by Gasteiger charge is 2.22. The quantitative estimate of drug-likeness (QED) is 0.228. The number of nitrogens with one attached hydrogen (secondary N) is 2. The van der Waals surface area contributed by atoms with Crippen LogP contribution in [0.2, 0.25) is 0 Å². The van der Waals surface area contributed by atoms with Gasteiger partial charge in [0, 0.05) is 26.7 Å². The molecule has 0 spiro atoms. The molecule has 2 aromatic carbocycles. The Bertz CT molecular complexity index is 752. The van der Waals surface area contributed by atoms with Crippen molar-refractivity contribution in [3.8, 4) is 5.75 Å². The molecule has 0 radical (unpaired) electrons. The summed E-state index contributed by atoms with van der Waals surface area (Å²) in [6, 6.07) is 18.9. The van der Waals surface area contributed by atoms with E-state index in [0.717, 1.165) is 44.3 Å². The molecule has 1 aliphatic heterocycles. The predicted molar refractivity (Wildman–Crippen MR) is 136 cm³/mol. The lowest BCUT2D eigenvalue weighted by Crippen LogP contribution is -2.41. The van der Waals surface area contributed by atoms with Crippen LogP contribution >= 0.6 is 24.0 Å². The molecule has 1 atom stereocenters. The van der Waals surface area contributed by atoms with Gasteiger partial charge in [-0.25, -0.2) is 0 Å². The van der Waals surface area contributed by atoms with Gasteiger partial charge in [0.1, 0.15) is 12.4 Å². The van der Waals surface area contributed by atoms with E-state index in [-0.39, 0.29) is 24.0 Å². The fourth-order valence-electron chi connectivity index (χ4n) is 3.65. The van der Waals surface area contributed by atoms with Crippen LogP contribution in [0.4, 0.5) is 0 Å². The van der Waals surface area contributed by atoms with Crippen molar-refractivity contribution in [1.82, 2.24) is 15.5 Å². The number of likely N-dealkylation sites (tertiary alicyclic amines) is 1. The van der Waals surface area contributed by atoms with Crippen molar-refractivity contribution >= 4 is 29.9 Å². The monoisotopic (exact) mass is 522 g/mol. The standard InChI is InChI=1S/C24H34N4O.HI/c1-20-8-10-23(11-9-20)29-17-14-26-24(25-2)27-18-22-13-16-28(19-22)15-12-21-6-4-3-5-7-21;/h3-11,22H,12-19H2,1-2H3,(H2,25,26,27);1H. The molecule has 1 unspecified atom stereocenters. The van der Waals surface area contributed by atoms with Crippen LogP contribution in [0.1, 0.15) is 17.5 Å². The van der Waals surface area contributed by atoms with Crippen LogP contribution in [0.25, 0.3) is 0 Å². The zero-order valence-electron chi connectivity index (χ0n) is 18.1. The van der Waals surface area contributed by atoms with Crippen molar-refractivity contribution in [3.63, 3.8) is 0 Å². The molecule has 2 N–H and O–H groups in total. The predicted octanol–water partition coefficient (Wildman–Crippen LogP) is 3.72. The lowest BCUT2D eigenvalue weighted by molar-refractivity contribution is 0.321. The summed E-state index contributed by atoms with van der Waals surface area (Å²) in [6.45, 7) is 7.86. The number of benzene rings is 2. The molecule has 0 amide bonds. The summed E-state index contributed by atoms with van der Waals surface area (Å²) < 4.78 is 5.76. The lowest BCUT2D eigenvalue weighted by atomic mass is 10.1. The van der Waals surface area contributed by atoms with Gasteiger partial charge >= 0.3 is 0 Å². The molecule has 1 fully saturated rings. The molecule has 5 nitrogen and oxygen atoms in total. The van der Waals surface area contributed by atoms with Gasteiger partial charge in [0.15, 0.2) is 5.96 Å². The highest BCUT2D eigenvalue weighted by atomic mass is 127. The fraction of sp³-hybridized carbons (Fsp3) is 0.458. The summed E-state index contributed by atoms with van der Waals surface area (Å²) in [5, 5.41) is 6.80. The molecule has 1 saturated heterocycles. The molecule has 3 rings (SSSR count). The molecule has 164 valence electrons. The topological polar surface area (TPSA) is 48.9 Å². The van der Waals surface area contributed by atoms with Gasteiger partial charge in [0.2, 0.25) is 0 Å². The molecule has 0 aliphatic carbocycles. The molecule has 1 aliphatic rings. The first-order chi connectivity index (χ1) is 14.2. The smallest absolute Gasteiger partial charge is 0.191 e. The summed E-state index contributed by atoms with van der Waals surface area (Å²) >= 11 is 0. The second kappa shape index (κ2) is 13.5. The number of hydrogen-bond acceptors (Lipinski definition) is 3. The first-order valence-electron chi connectivity index (χ1n) is 10.6. The maximum atomic E-state index is 5.76. The maximum Gasteiger partial charge on any atom is 0.191 e. The van der Waals surface area contributed by atoms with E-state index >= 15 is 0 Å². The Morgan fingerprint density at radius 1 is 1.10 bits per heavy atom. The van der Waals surface area contributed by atoms with Gasteiger partial charge in [-0.15, -0.1) is 24.0 Å². The van der Waals surface area contributed by atoms with E-state index < -0.39 is 0 Å². The van der Waals surface area contributed by atoms with Crippen LogP contribution < -0.4 is 15.4 Å². The molecule has 30 heavy (non-hydrogen) atoms. The molecule has 0 aromatic heterocycles. The van der Waals surface area contributed by atoms with Gasteiger partial charge in [-0.1, -0.05) is 48.0 Å². The lowest BCUT2D eigenvalue weighted by Gasteiger charge is -2.17. The third-order valence-electron chi connectivity index (χ3n) is 5.40. The second-order valence-electron chi connectivity index (χ2n) is 7.73. The van der Waals surface area contributed by atoms with Crippen LogP contribution in [-0.4, -0.2) is 57.2 Å². The Balaban J connectivity index is 0.00000320. The molecule has 2 aromatic rings. The first-order valence-corrected chi connectivity index (χ1v) is 10.6. The summed E-state index contributed by atoms with van der Waals surface area (Å²) in [6.07, 6.45) is 2.38. The highest BCUT2D eigenvalue weighted by molar-refractivity contribution is 14.0. The van der Waals surface area contributed by atoms with E-state index in [1.807, 2.05) is 19.2 Å². The Labute approximate surface area is 198 Å². The van der Waals surface area contributed by atoms with E-state index in [2.05, 4.69) is 69.9 Å². The van der Waals surface area contributed by atoms with E-state index in [1.165, 1.54) is 24.1 Å². The van der Waals surface area contributed by atoms with Crippen molar-refractivity contribution in [2.75, 3.05) is 46.4 Å². The number of rotatable bonds is 9. The minimum Gasteiger partial charge on any atom is -0.492 e. The third-order valence-corrected chi connectivity index (χ3v) is 5.40. The highest BCUT2D eigenvalue weighted by Crippen LogP contribution is 2.16. The normalized spacial score (nSPS) is 16.7. The Kier molecular flexibility index (Phi) is 11.0. The third kappa shape index (κ3) is 8.52. The maximum absolute atomic E-state index is 5.76. The van der Waals surface area contributed by atoms with E-state index in [9.17, 15) is 0 Å². The number of nitrogens with zero attached hydrogens (tertiary/aromatic N) is 2. The summed E-state index contributed by atoms with van der Waals surface area (Å²) in [5.41, 5.74) is 2.66. The van der Waals surface area contributed by atoms with Crippen molar-refractivity contribution in [3.05, 3.63) is 65.7 Å². The van der Waals surface area contributed by atoms with E-state index in [1.54, 1.807) is 0 Å². The Hall–Kier alpha value is -1.80.